The molecule has 0 saturated heterocycles. The molecule has 1 unspecified atom stereocenters. The Morgan fingerprint density at radius 1 is 1.21 bits per heavy atom. The summed E-state index contributed by atoms with van der Waals surface area (Å²) in [5.74, 6) is 0.963. The third kappa shape index (κ3) is 4.17. The van der Waals surface area contributed by atoms with E-state index in [9.17, 15) is 4.79 Å². The third-order valence-electron chi connectivity index (χ3n) is 4.25. The van der Waals surface area contributed by atoms with Crippen LogP contribution >= 0.6 is 0 Å². The standard InChI is InChI=1S/C17H25NO/c1-13(19)7-12-17(18)16-10-8-15(9-11-16)14-5-3-2-4-6-14/h8-11,14,17H,2-7,12,18H2,1H3. The smallest absolute Gasteiger partial charge is 0.129 e. The molecule has 1 aliphatic carbocycles. The molecule has 0 spiro atoms. The monoisotopic (exact) mass is 259 g/mol. The maximum absolute atomic E-state index is 11.0. The van der Waals surface area contributed by atoms with Crippen LogP contribution in [0.5, 0.6) is 0 Å². The normalized spacial score (nSPS) is 18.2. The van der Waals surface area contributed by atoms with Gasteiger partial charge < -0.3 is 10.5 Å². The lowest BCUT2D eigenvalue weighted by Gasteiger charge is -2.22. The van der Waals surface area contributed by atoms with Gasteiger partial charge in [-0.05, 0) is 43.2 Å². The molecular weight excluding hydrogens is 234 g/mol. The van der Waals surface area contributed by atoms with Gasteiger partial charge in [0.05, 0.1) is 0 Å². The minimum atomic E-state index is -0.00990. The number of carbonyl (C=O) groups is 1. The van der Waals surface area contributed by atoms with E-state index >= 15 is 0 Å². The van der Waals surface area contributed by atoms with Gasteiger partial charge in [0.25, 0.3) is 0 Å². The Bertz CT molecular complexity index is 404. The summed E-state index contributed by atoms with van der Waals surface area (Å²) in [6, 6.07) is 8.76. The maximum atomic E-state index is 11.0. The van der Waals surface area contributed by atoms with Crippen LogP contribution in [-0.2, 0) is 4.79 Å². The molecule has 2 nitrogen and oxygen atoms in total. The zero-order chi connectivity index (χ0) is 13.7. The first-order chi connectivity index (χ1) is 9.16. The van der Waals surface area contributed by atoms with E-state index in [2.05, 4.69) is 24.3 Å². The largest absolute Gasteiger partial charge is 0.324 e. The van der Waals surface area contributed by atoms with Crippen LogP contribution < -0.4 is 5.73 Å². The van der Waals surface area contributed by atoms with Crippen LogP contribution in [-0.4, -0.2) is 5.78 Å². The minimum Gasteiger partial charge on any atom is -0.324 e. The quantitative estimate of drug-likeness (QED) is 0.865. The zero-order valence-electron chi connectivity index (χ0n) is 11.9. The highest BCUT2D eigenvalue weighted by molar-refractivity contribution is 5.75. The number of ketones is 1. The molecule has 0 amide bonds. The van der Waals surface area contributed by atoms with Crippen molar-refractivity contribution in [1.82, 2.24) is 0 Å². The van der Waals surface area contributed by atoms with Crippen molar-refractivity contribution < 1.29 is 4.79 Å². The summed E-state index contributed by atoms with van der Waals surface area (Å²) >= 11 is 0. The molecule has 0 bridgehead atoms. The molecule has 1 fully saturated rings. The summed E-state index contributed by atoms with van der Waals surface area (Å²) in [6.45, 7) is 1.62. The molecule has 1 aliphatic rings. The van der Waals surface area contributed by atoms with Gasteiger partial charge in [0, 0.05) is 12.5 Å². The van der Waals surface area contributed by atoms with E-state index in [1.807, 2.05) is 0 Å². The van der Waals surface area contributed by atoms with E-state index in [0.717, 1.165) is 17.9 Å². The fraction of sp³-hybridized carbons (Fsp3) is 0.588. The third-order valence-corrected chi connectivity index (χ3v) is 4.25. The molecule has 2 heteroatoms. The van der Waals surface area contributed by atoms with Crippen LogP contribution in [0.2, 0.25) is 0 Å². The Hall–Kier alpha value is -1.15. The molecule has 1 aromatic carbocycles. The number of hydrogen-bond acceptors (Lipinski definition) is 2. The molecule has 1 saturated carbocycles. The molecule has 0 aliphatic heterocycles. The van der Waals surface area contributed by atoms with Crippen molar-refractivity contribution in [2.45, 2.75) is 63.8 Å². The number of Topliss-reactive ketones (excluding diaryl/α,β-unsaturated/α-hetero) is 1. The van der Waals surface area contributed by atoms with Crippen LogP contribution in [0, 0.1) is 0 Å². The summed E-state index contributed by atoms with van der Waals surface area (Å²) in [7, 11) is 0. The highest BCUT2D eigenvalue weighted by Gasteiger charge is 2.15. The second-order valence-corrected chi connectivity index (χ2v) is 5.85. The van der Waals surface area contributed by atoms with Crippen LogP contribution in [0.3, 0.4) is 0 Å². The molecular formula is C17H25NO. The molecule has 0 radical (unpaired) electrons. The first-order valence-electron chi connectivity index (χ1n) is 7.51. The van der Waals surface area contributed by atoms with Gasteiger partial charge >= 0.3 is 0 Å². The molecule has 2 rings (SSSR count). The van der Waals surface area contributed by atoms with Gasteiger partial charge in [0.1, 0.15) is 5.78 Å². The van der Waals surface area contributed by atoms with E-state index in [1.165, 1.54) is 37.7 Å². The molecule has 2 N–H and O–H groups in total. The highest BCUT2D eigenvalue weighted by Crippen LogP contribution is 2.33. The predicted molar refractivity (Wildman–Crippen MR) is 79.1 cm³/mol. The van der Waals surface area contributed by atoms with Gasteiger partial charge in [-0.25, -0.2) is 0 Å². The zero-order valence-corrected chi connectivity index (χ0v) is 11.9. The van der Waals surface area contributed by atoms with Crippen molar-refractivity contribution >= 4 is 5.78 Å². The van der Waals surface area contributed by atoms with Crippen LogP contribution in [0.1, 0.15) is 75.0 Å². The Labute approximate surface area is 116 Å². The van der Waals surface area contributed by atoms with E-state index in [4.69, 9.17) is 5.73 Å². The molecule has 0 heterocycles. The first kappa shape index (κ1) is 14.3. The number of benzene rings is 1. The maximum Gasteiger partial charge on any atom is 0.129 e. The first-order valence-corrected chi connectivity index (χ1v) is 7.51. The molecule has 1 atom stereocenters. The Morgan fingerprint density at radius 3 is 2.42 bits per heavy atom. The van der Waals surface area contributed by atoms with Gasteiger partial charge in [-0.2, -0.15) is 0 Å². The Kier molecular flexibility index (Phi) is 5.15. The summed E-state index contributed by atoms with van der Waals surface area (Å²) in [5, 5.41) is 0. The summed E-state index contributed by atoms with van der Waals surface area (Å²) in [4.78, 5) is 11.0. The van der Waals surface area contributed by atoms with Gasteiger partial charge in [0.15, 0.2) is 0 Å². The minimum absolute atomic E-state index is 0.00990. The van der Waals surface area contributed by atoms with Crippen LogP contribution in [0.4, 0.5) is 0 Å². The number of nitrogens with two attached hydrogens (primary N) is 1. The average molecular weight is 259 g/mol. The van der Waals surface area contributed by atoms with Gasteiger partial charge in [-0.3, -0.25) is 0 Å². The Morgan fingerprint density at radius 2 is 1.84 bits per heavy atom. The summed E-state index contributed by atoms with van der Waals surface area (Å²) in [5.41, 5.74) is 8.73. The predicted octanol–water partition coefficient (Wildman–Crippen LogP) is 4.10. The van der Waals surface area contributed by atoms with E-state index < -0.39 is 0 Å². The molecule has 19 heavy (non-hydrogen) atoms. The topological polar surface area (TPSA) is 43.1 Å². The average Bonchev–Trinajstić information content (AvgIpc) is 2.46. The molecule has 0 aromatic heterocycles. The van der Waals surface area contributed by atoms with Crippen molar-refractivity contribution in [3.05, 3.63) is 35.4 Å². The van der Waals surface area contributed by atoms with Gasteiger partial charge in [-0.1, -0.05) is 43.5 Å². The lowest BCUT2D eigenvalue weighted by Crippen LogP contribution is -2.12. The van der Waals surface area contributed by atoms with Crippen LogP contribution in [0.15, 0.2) is 24.3 Å². The SMILES string of the molecule is CC(=O)CCC(N)c1ccc(C2CCCCC2)cc1. The number of carbonyl (C=O) groups excluding carboxylic acids is 1. The lowest BCUT2D eigenvalue weighted by molar-refractivity contribution is -0.117. The van der Waals surface area contributed by atoms with Gasteiger partial charge in [0.2, 0.25) is 0 Å². The van der Waals surface area contributed by atoms with Gasteiger partial charge in [-0.15, -0.1) is 0 Å². The highest BCUT2D eigenvalue weighted by atomic mass is 16.1. The second kappa shape index (κ2) is 6.85. The summed E-state index contributed by atoms with van der Waals surface area (Å²) in [6.07, 6.45) is 8.11. The van der Waals surface area contributed by atoms with Crippen molar-refractivity contribution in [2.75, 3.05) is 0 Å². The van der Waals surface area contributed by atoms with Crippen LogP contribution in [0.25, 0.3) is 0 Å². The summed E-state index contributed by atoms with van der Waals surface area (Å²) < 4.78 is 0. The Balaban J connectivity index is 1.95. The van der Waals surface area contributed by atoms with E-state index in [0.29, 0.717) is 6.42 Å². The number of rotatable bonds is 5. The van der Waals surface area contributed by atoms with Crippen molar-refractivity contribution in [2.24, 2.45) is 5.73 Å². The van der Waals surface area contributed by atoms with E-state index in [-0.39, 0.29) is 11.8 Å². The van der Waals surface area contributed by atoms with Crippen molar-refractivity contribution in [3.8, 4) is 0 Å². The van der Waals surface area contributed by atoms with E-state index in [1.54, 1.807) is 6.92 Å². The lowest BCUT2D eigenvalue weighted by atomic mass is 9.83. The number of hydrogen-bond donors (Lipinski definition) is 1. The fourth-order valence-electron chi connectivity index (χ4n) is 2.98. The van der Waals surface area contributed by atoms with Crippen molar-refractivity contribution in [1.29, 1.82) is 0 Å². The molecule has 104 valence electrons. The molecule has 1 aromatic rings. The second-order valence-electron chi connectivity index (χ2n) is 5.85. The fourth-order valence-corrected chi connectivity index (χ4v) is 2.98. The van der Waals surface area contributed by atoms with Crippen molar-refractivity contribution in [3.63, 3.8) is 0 Å².